The molecule has 4 heteroatoms. The second-order valence-corrected chi connectivity index (χ2v) is 3.25. The molecule has 0 bridgehead atoms. The molecule has 0 unspecified atom stereocenters. The van der Waals surface area contributed by atoms with Crippen LogP contribution in [0.5, 0.6) is 5.75 Å². The van der Waals surface area contributed by atoms with Crippen LogP contribution < -0.4 is 0 Å². The number of rotatable bonds is 2. The molecule has 0 amide bonds. The van der Waals surface area contributed by atoms with E-state index in [9.17, 15) is 4.79 Å². The molecule has 0 fully saturated rings. The van der Waals surface area contributed by atoms with Gasteiger partial charge in [0.2, 0.25) is 0 Å². The molecular formula is C12H9NO3. The summed E-state index contributed by atoms with van der Waals surface area (Å²) in [6.45, 7) is 0. The summed E-state index contributed by atoms with van der Waals surface area (Å²) in [5.74, 6) is -0.923. The molecule has 1 aromatic carbocycles. The summed E-state index contributed by atoms with van der Waals surface area (Å²) < 4.78 is 0. The van der Waals surface area contributed by atoms with Gasteiger partial charge < -0.3 is 10.2 Å². The Bertz CT molecular complexity index is 520. The van der Waals surface area contributed by atoms with E-state index in [2.05, 4.69) is 4.98 Å². The number of benzene rings is 1. The first-order valence-corrected chi connectivity index (χ1v) is 4.66. The lowest BCUT2D eigenvalue weighted by Crippen LogP contribution is -2.02. The molecule has 1 heterocycles. The zero-order valence-electron chi connectivity index (χ0n) is 8.29. The van der Waals surface area contributed by atoms with Gasteiger partial charge in [0.15, 0.2) is 5.69 Å². The van der Waals surface area contributed by atoms with Crippen molar-refractivity contribution in [2.24, 2.45) is 0 Å². The summed E-state index contributed by atoms with van der Waals surface area (Å²) >= 11 is 0. The van der Waals surface area contributed by atoms with E-state index in [1.54, 1.807) is 24.3 Å². The number of aromatic nitrogens is 1. The fourth-order valence-corrected chi connectivity index (χ4v) is 1.45. The molecule has 0 saturated carbocycles. The maximum Gasteiger partial charge on any atom is 0.355 e. The Hall–Kier alpha value is -2.36. The Balaban J connectivity index is 2.55. The number of carbonyl (C=O) groups is 1. The number of carboxylic acid groups (broad SMARTS) is 1. The van der Waals surface area contributed by atoms with Crippen molar-refractivity contribution in [1.29, 1.82) is 0 Å². The van der Waals surface area contributed by atoms with Crippen molar-refractivity contribution in [3.63, 3.8) is 0 Å². The zero-order chi connectivity index (χ0) is 11.5. The number of aromatic carboxylic acids is 1. The van der Waals surface area contributed by atoms with Gasteiger partial charge >= 0.3 is 5.97 Å². The van der Waals surface area contributed by atoms with E-state index in [-0.39, 0.29) is 11.4 Å². The summed E-state index contributed by atoms with van der Waals surface area (Å²) in [6.07, 6.45) is 1.44. The number of carboxylic acids is 1. The third-order valence-electron chi connectivity index (χ3n) is 2.19. The molecule has 0 radical (unpaired) electrons. The van der Waals surface area contributed by atoms with E-state index >= 15 is 0 Å². The molecule has 0 saturated heterocycles. The highest BCUT2D eigenvalue weighted by atomic mass is 16.4. The number of aromatic hydroxyl groups is 1. The van der Waals surface area contributed by atoms with Crippen molar-refractivity contribution in [3.8, 4) is 16.9 Å². The van der Waals surface area contributed by atoms with Crippen LogP contribution in [0, 0.1) is 0 Å². The molecule has 2 aromatic rings. The topological polar surface area (TPSA) is 70.4 Å². The predicted molar refractivity (Wildman–Crippen MR) is 58.3 cm³/mol. The van der Waals surface area contributed by atoms with Gasteiger partial charge in [-0.15, -0.1) is 0 Å². The number of phenols is 1. The first-order chi connectivity index (χ1) is 7.68. The fraction of sp³-hybridized carbons (Fsp3) is 0. The molecule has 1 aromatic heterocycles. The summed E-state index contributed by atoms with van der Waals surface area (Å²) in [5.41, 5.74) is 1.26. The maximum absolute atomic E-state index is 11.0. The van der Waals surface area contributed by atoms with Crippen LogP contribution in [-0.2, 0) is 0 Å². The number of pyridine rings is 1. The average molecular weight is 215 g/mol. The van der Waals surface area contributed by atoms with Gasteiger partial charge in [-0.2, -0.15) is 0 Å². The molecule has 0 aliphatic rings. The summed E-state index contributed by atoms with van der Waals surface area (Å²) in [4.78, 5) is 14.8. The lowest BCUT2D eigenvalue weighted by Gasteiger charge is -2.04. The number of hydrogen-bond acceptors (Lipinski definition) is 3. The van der Waals surface area contributed by atoms with Crippen molar-refractivity contribution in [2.45, 2.75) is 0 Å². The highest BCUT2D eigenvalue weighted by molar-refractivity contribution is 5.93. The molecule has 2 N–H and O–H groups in total. The zero-order valence-corrected chi connectivity index (χ0v) is 8.29. The van der Waals surface area contributed by atoms with Crippen molar-refractivity contribution in [3.05, 3.63) is 48.3 Å². The van der Waals surface area contributed by atoms with Crippen molar-refractivity contribution >= 4 is 5.97 Å². The molecule has 4 nitrogen and oxygen atoms in total. The van der Waals surface area contributed by atoms with Gasteiger partial charge in [-0.1, -0.05) is 18.2 Å². The Morgan fingerprint density at radius 1 is 1.12 bits per heavy atom. The molecule has 0 aliphatic heterocycles. The summed E-state index contributed by atoms with van der Waals surface area (Å²) in [6, 6.07) is 9.68. The highest BCUT2D eigenvalue weighted by Gasteiger charge is 2.12. The molecular weight excluding hydrogens is 206 g/mol. The fourth-order valence-electron chi connectivity index (χ4n) is 1.45. The largest absolute Gasteiger partial charge is 0.508 e. The van der Waals surface area contributed by atoms with Gasteiger partial charge in [-0.25, -0.2) is 9.78 Å². The number of phenolic OH excluding ortho intramolecular Hbond substituents is 1. The first kappa shape index (κ1) is 10.2. The highest BCUT2D eigenvalue weighted by Crippen LogP contribution is 2.23. The van der Waals surface area contributed by atoms with Crippen LogP contribution in [0.4, 0.5) is 0 Å². The minimum Gasteiger partial charge on any atom is -0.508 e. The normalized spacial score (nSPS) is 10.0. The van der Waals surface area contributed by atoms with Crippen LogP contribution in [0.1, 0.15) is 10.5 Å². The Morgan fingerprint density at radius 3 is 2.44 bits per heavy atom. The van der Waals surface area contributed by atoms with E-state index in [0.717, 1.165) is 0 Å². The smallest absolute Gasteiger partial charge is 0.355 e. The number of nitrogens with zero attached hydrogens (tertiary/aromatic N) is 1. The van der Waals surface area contributed by atoms with E-state index in [0.29, 0.717) is 11.1 Å². The van der Waals surface area contributed by atoms with Gasteiger partial charge in [0.25, 0.3) is 0 Å². The third-order valence-corrected chi connectivity index (χ3v) is 2.19. The molecule has 80 valence electrons. The van der Waals surface area contributed by atoms with Crippen LogP contribution in [0.3, 0.4) is 0 Å². The first-order valence-electron chi connectivity index (χ1n) is 4.66. The van der Waals surface area contributed by atoms with Crippen LogP contribution in [0.25, 0.3) is 11.1 Å². The Morgan fingerprint density at radius 2 is 1.81 bits per heavy atom. The van der Waals surface area contributed by atoms with Gasteiger partial charge in [0, 0.05) is 11.8 Å². The average Bonchev–Trinajstić information content (AvgIpc) is 2.30. The molecule has 2 rings (SSSR count). The second-order valence-electron chi connectivity index (χ2n) is 3.25. The molecule has 0 spiro atoms. The summed E-state index contributed by atoms with van der Waals surface area (Å²) in [7, 11) is 0. The third kappa shape index (κ3) is 1.86. The second kappa shape index (κ2) is 4.02. The van der Waals surface area contributed by atoms with Gasteiger partial charge in [-0.05, 0) is 23.8 Å². The number of hydrogen-bond donors (Lipinski definition) is 2. The van der Waals surface area contributed by atoms with Gasteiger partial charge in [-0.3, -0.25) is 0 Å². The van der Waals surface area contributed by atoms with Crippen LogP contribution >= 0.6 is 0 Å². The van der Waals surface area contributed by atoms with Crippen LogP contribution in [0.15, 0.2) is 42.6 Å². The minimum absolute atomic E-state index is 0.00758. The van der Waals surface area contributed by atoms with E-state index in [4.69, 9.17) is 10.2 Å². The standard InChI is InChI=1S/C12H9NO3/c14-9-5-3-8(4-6-9)10-2-1-7-13-11(10)12(15)16/h1-7,14H,(H,15,16). The van der Waals surface area contributed by atoms with Crippen LogP contribution in [-0.4, -0.2) is 21.2 Å². The maximum atomic E-state index is 11.0. The monoisotopic (exact) mass is 215 g/mol. The van der Waals surface area contributed by atoms with Crippen molar-refractivity contribution in [1.82, 2.24) is 4.98 Å². The minimum atomic E-state index is -1.07. The van der Waals surface area contributed by atoms with Gasteiger partial charge in [0.1, 0.15) is 5.75 Å². The van der Waals surface area contributed by atoms with E-state index in [1.807, 2.05) is 0 Å². The van der Waals surface area contributed by atoms with Gasteiger partial charge in [0.05, 0.1) is 0 Å². The van der Waals surface area contributed by atoms with E-state index < -0.39 is 5.97 Å². The predicted octanol–water partition coefficient (Wildman–Crippen LogP) is 2.15. The van der Waals surface area contributed by atoms with E-state index in [1.165, 1.54) is 18.3 Å². The lowest BCUT2D eigenvalue weighted by atomic mass is 10.0. The Labute approximate surface area is 91.8 Å². The Kier molecular flexibility index (Phi) is 2.55. The molecule has 0 atom stereocenters. The molecule has 0 aliphatic carbocycles. The van der Waals surface area contributed by atoms with Crippen molar-refractivity contribution < 1.29 is 15.0 Å². The summed E-state index contributed by atoms with van der Waals surface area (Å²) in [5, 5.41) is 18.1. The van der Waals surface area contributed by atoms with Crippen molar-refractivity contribution in [2.75, 3.05) is 0 Å². The lowest BCUT2D eigenvalue weighted by molar-refractivity contribution is 0.0691. The van der Waals surface area contributed by atoms with Crippen LogP contribution in [0.2, 0.25) is 0 Å². The quantitative estimate of drug-likeness (QED) is 0.805. The SMILES string of the molecule is O=C(O)c1ncccc1-c1ccc(O)cc1. The molecule has 16 heavy (non-hydrogen) atoms.